The molecule has 0 radical (unpaired) electrons. The summed E-state index contributed by atoms with van der Waals surface area (Å²) in [4.78, 5) is 15.1. The van der Waals surface area contributed by atoms with Gasteiger partial charge in [-0.2, -0.15) is 15.0 Å². The summed E-state index contributed by atoms with van der Waals surface area (Å²) in [6.45, 7) is 8.33. The van der Waals surface area contributed by atoms with E-state index in [2.05, 4.69) is 44.3 Å². The lowest BCUT2D eigenvalue weighted by atomic mass is 10.1. The van der Waals surface area contributed by atoms with Gasteiger partial charge >= 0.3 is 0 Å². The summed E-state index contributed by atoms with van der Waals surface area (Å²) in [5.74, 6) is 1.07. The van der Waals surface area contributed by atoms with Crippen molar-refractivity contribution in [3.63, 3.8) is 0 Å². The van der Waals surface area contributed by atoms with Gasteiger partial charge in [0.1, 0.15) is 0 Å². The number of rotatable bonds is 7. The number of anilines is 2. The normalized spacial score (nSPS) is 17.5. The zero-order valence-corrected chi connectivity index (χ0v) is 13.7. The van der Waals surface area contributed by atoms with Crippen molar-refractivity contribution >= 4 is 23.5 Å². The fraction of sp³-hybridized carbons (Fsp3) is 0.786. The van der Waals surface area contributed by atoms with Crippen LogP contribution in [0.15, 0.2) is 0 Å². The van der Waals surface area contributed by atoms with Gasteiger partial charge in [-0.25, -0.2) is 0 Å². The zero-order chi connectivity index (χ0) is 15.1. The van der Waals surface area contributed by atoms with Gasteiger partial charge in [0.25, 0.3) is 0 Å². The molecule has 1 aliphatic rings. The standard InChI is InChI=1S/C14H25ClN6/c1-3-7-16-13-18-12(15)19-14(20-13)17-10-11(2)21-8-5-4-6-9-21/h11H,3-10H2,1-2H3,(H2,16,17,18,19,20). The second kappa shape index (κ2) is 8.34. The first kappa shape index (κ1) is 16.2. The molecule has 1 aromatic heterocycles. The lowest BCUT2D eigenvalue weighted by Gasteiger charge is -2.32. The van der Waals surface area contributed by atoms with Crippen molar-refractivity contribution in [2.75, 3.05) is 36.8 Å². The van der Waals surface area contributed by atoms with Gasteiger partial charge < -0.3 is 10.6 Å². The highest BCUT2D eigenvalue weighted by molar-refractivity contribution is 6.28. The molecule has 1 saturated heterocycles. The number of hydrogen-bond acceptors (Lipinski definition) is 6. The third-order valence-corrected chi connectivity index (χ3v) is 3.88. The third kappa shape index (κ3) is 5.28. The molecular weight excluding hydrogens is 288 g/mol. The Hall–Kier alpha value is -1.14. The maximum atomic E-state index is 5.94. The predicted octanol–water partition coefficient (Wildman–Crippen LogP) is 2.63. The fourth-order valence-electron chi connectivity index (χ4n) is 2.47. The summed E-state index contributed by atoms with van der Waals surface area (Å²) >= 11 is 5.94. The van der Waals surface area contributed by atoms with Crippen LogP contribution in [-0.2, 0) is 0 Å². The fourth-order valence-corrected chi connectivity index (χ4v) is 2.63. The largest absolute Gasteiger partial charge is 0.354 e. The first-order valence-electron chi connectivity index (χ1n) is 7.82. The number of halogens is 1. The van der Waals surface area contributed by atoms with E-state index in [0.29, 0.717) is 17.9 Å². The first-order valence-corrected chi connectivity index (χ1v) is 8.20. The average molecular weight is 313 g/mol. The van der Waals surface area contributed by atoms with Crippen LogP contribution in [0.5, 0.6) is 0 Å². The maximum absolute atomic E-state index is 5.94. The van der Waals surface area contributed by atoms with Crippen LogP contribution in [-0.4, -0.2) is 52.1 Å². The highest BCUT2D eigenvalue weighted by Crippen LogP contribution is 2.13. The minimum Gasteiger partial charge on any atom is -0.354 e. The second-order valence-electron chi connectivity index (χ2n) is 5.50. The maximum Gasteiger partial charge on any atom is 0.228 e. The first-order chi connectivity index (χ1) is 10.2. The molecule has 0 aromatic carbocycles. The van der Waals surface area contributed by atoms with Crippen molar-refractivity contribution in [1.82, 2.24) is 19.9 Å². The van der Waals surface area contributed by atoms with E-state index < -0.39 is 0 Å². The van der Waals surface area contributed by atoms with E-state index in [1.807, 2.05) is 0 Å². The number of hydrogen-bond donors (Lipinski definition) is 2. The van der Waals surface area contributed by atoms with Crippen LogP contribution in [0.2, 0.25) is 5.28 Å². The monoisotopic (exact) mass is 312 g/mol. The minimum absolute atomic E-state index is 0.219. The SMILES string of the molecule is CCCNc1nc(Cl)nc(NCC(C)N2CCCCC2)n1. The Morgan fingerprint density at radius 3 is 2.43 bits per heavy atom. The number of piperidine rings is 1. The highest BCUT2D eigenvalue weighted by atomic mass is 35.5. The molecule has 1 aromatic rings. The van der Waals surface area contributed by atoms with Gasteiger partial charge in [0.05, 0.1) is 0 Å². The molecule has 7 heteroatoms. The van der Waals surface area contributed by atoms with E-state index in [9.17, 15) is 0 Å². The summed E-state index contributed by atoms with van der Waals surface area (Å²) in [6.07, 6.45) is 4.96. The quantitative estimate of drug-likeness (QED) is 0.807. The molecule has 0 bridgehead atoms. The number of nitrogens with one attached hydrogen (secondary N) is 2. The molecule has 6 nitrogen and oxygen atoms in total. The van der Waals surface area contributed by atoms with Crippen LogP contribution in [0.4, 0.5) is 11.9 Å². The number of nitrogens with zero attached hydrogens (tertiary/aromatic N) is 4. The van der Waals surface area contributed by atoms with Gasteiger partial charge in [0, 0.05) is 19.1 Å². The molecule has 0 aliphatic carbocycles. The van der Waals surface area contributed by atoms with Crippen molar-refractivity contribution in [3.8, 4) is 0 Å². The van der Waals surface area contributed by atoms with Crippen LogP contribution in [0, 0.1) is 0 Å². The van der Waals surface area contributed by atoms with Crippen molar-refractivity contribution in [2.24, 2.45) is 0 Å². The van der Waals surface area contributed by atoms with Crippen molar-refractivity contribution in [1.29, 1.82) is 0 Å². The highest BCUT2D eigenvalue weighted by Gasteiger charge is 2.16. The van der Waals surface area contributed by atoms with Gasteiger partial charge in [-0.15, -0.1) is 0 Å². The van der Waals surface area contributed by atoms with E-state index in [1.54, 1.807) is 0 Å². The van der Waals surface area contributed by atoms with E-state index in [0.717, 1.165) is 19.5 Å². The van der Waals surface area contributed by atoms with E-state index in [1.165, 1.54) is 32.4 Å². The molecule has 1 atom stereocenters. The van der Waals surface area contributed by atoms with Crippen LogP contribution in [0.3, 0.4) is 0 Å². The van der Waals surface area contributed by atoms with Crippen molar-refractivity contribution in [3.05, 3.63) is 5.28 Å². The third-order valence-electron chi connectivity index (χ3n) is 3.71. The molecule has 0 spiro atoms. The minimum atomic E-state index is 0.219. The van der Waals surface area contributed by atoms with Crippen LogP contribution < -0.4 is 10.6 Å². The van der Waals surface area contributed by atoms with E-state index >= 15 is 0 Å². The molecular formula is C14H25ClN6. The summed E-state index contributed by atoms with van der Waals surface area (Å²) in [5, 5.41) is 6.62. The molecule has 1 fully saturated rings. The molecule has 1 aliphatic heterocycles. The number of likely N-dealkylation sites (tertiary alicyclic amines) is 1. The Morgan fingerprint density at radius 2 is 1.76 bits per heavy atom. The molecule has 118 valence electrons. The summed E-state index contributed by atoms with van der Waals surface area (Å²) in [5.41, 5.74) is 0. The molecule has 2 rings (SSSR count). The predicted molar refractivity (Wildman–Crippen MR) is 87.0 cm³/mol. The molecule has 1 unspecified atom stereocenters. The Bertz CT molecular complexity index is 435. The summed E-state index contributed by atoms with van der Waals surface area (Å²) in [7, 11) is 0. The molecule has 2 heterocycles. The second-order valence-corrected chi connectivity index (χ2v) is 5.84. The molecule has 0 amide bonds. The van der Waals surface area contributed by atoms with Gasteiger partial charge in [0.15, 0.2) is 0 Å². The van der Waals surface area contributed by atoms with E-state index in [-0.39, 0.29) is 5.28 Å². The van der Waals surface area contributed by atoms with Crippen LogP contribution in [0.25, 0.3) is 0 Å². The van der Waals surface area contributed by atoms with Crippen LogP contribution >= 0.6 is 11.6 Å². The Labute approximate surface area is 131 Å². The summed E-state index contributed by atoms with van der Waals surface area (Å²) in [6, 6.07) is 0.466. The lowest BCUT2D eigenvalue weighted by Crippen LogP contribution is -2.41. The van der Waals surface area contributed by atoms with Gasteiger partial charge in [-0.1, -0.05) is 13.3 Å². The van der Waals surface area contributed by atoms with Gasteiger partial charge in [-0.3, -0.25) is 4.90 Å². The van der Waals surface area contributed by atoms with Crippen molar-refractivity contribution in [2.45, 2.75) is 45.6 Å². The van der Waals surface area contributed by atoms with Crippen LogP contribution in [0.1, 0.15) is 39.5 Å². The summed E-state index contributed by atoms with van der Waals surface area (Å²) < 4.78 is 0. The average Bonchev–Trinajstić information content (AvgIpc) is 2.51. The Balaban J connectivity index is 1.87. The zero-order valence-electron chi connectivity index (χ0n) is 12.9. The smallest absolute Gasteiger partial charge is 0.228 e. The Kier molecular flexibility index (Phi) is 6.45. The van der Waals surface area contributed by atoms with Crippen molar-refractivity contribution < 1.29 is 0 Å². The lowest BCUT2D eigenvalue weighted by molar-refractivity contribution is 0.180. The number of aromatic nitrogens is 3. The van der Waals surface area contributed by atoms with Gasteiger partial charge in [0.2, 0.25) is 17.2 Å². The molecule has 21 heavy (non-hydrogen) atoms. The van der Waals surface area contributed by atoms with E-state index in [4.69, 9.17) is 11.6 Å². The molecule has 2 N–H and O–H groups in total. The molecule has 0 saturated carbocycles. The topological polar surface area (TPSA) is 66.0 Å². The Morgan fingerprint density at radius 1 is 1.10 bits per heavy atom. The van der Waals surface area contributed by atoms with Gasteiger partial charge in [-0.05, 0) is 50.9 Å².